The molecule has 0 bridgehead atoms. The number of amides is 3. The van der Waals surface area contributed by atoms with Crippen molar-refractivity contribution in [3.63, 3.8) is 0 Å². The normalized spacial score (nSPS) is 17.5. The molecule has 1 aromatic carbocycles. The number of para-hydroxylation sites is 1. The molecule has 3 amide bonds. The molecule has 112 valence electrons. The first-order valence-electron chi connectivity index (χ1n) is 7.24. The number of rotatable bonds is 2. The summed E-state index contributed by atoms with van der Waals surface area (Å²) >= 11 is 1.86. The number of carbonyl (C=O) groups is 2. The van der Waals surface area contributed by atoms with Gasteiger partial charge in [0.2, 0.25) is 5.91 Å². The van der Waals surface area contributed by atoms with E-state index in [2.05, 4.69) is 5.32 Å². The number of hydrogen-bond acceptors (Lipinski definition) is 3. The van der Waals surface area contributed by atoms with E-state index in [0.29, 0.717) is 6.54 Å². The molecule has 0 spiro atoms. The van der Waals surface area contributed by atoms with Crippen LogP contribution in [-0.2, 0) is 11.2 Å². The van der Waals surface area contributed by atoms with Gasteiger partial charge in [0, 0.05) is 36.8 Å². The van der Waals surface area contributed by atoms with Gasteiger partial charge in [0.25, 0.3) is 0 Å². The smallest absolute Gasteiger partial charge is 0.317 e. The first kappa shape index (κ1) is 14.3. The van der Waals surface area contributed by atoms with E-state index in [1.54, 1.807) is 9.80 Å². The molecule has 0 radical (unpaired) electrons. The van der Waals surface area contributed by atoms with Crippen molar-refractivity contribution in [2.24, 2.45) is 0 Å². The fraction of sp³-hybridized carbons (Fsp3) is 0.467. The van der Waals surface area contributed by atoms with Crippen LogP contribution in [-0.4, -0.2) is 54.5 Å². The SMILES string of the molecule is O=C(NCC(=O)N1CCc2ccccc21)N1CCSCC1. The van der Waals surface area contributed by atoms with Gasteiger partial charge in [-0.25, -0.2) is 4.79 Å². The Labute approximate surface area is 128 Å². The quantitative estimate of drug-likeness (QED) is 0.897. The lowest BCUT2D eigenvalue weighted by molar-refractivity contribution is -0.117. The maximum absolute atomic E-state index is 12.3. The number of fused-ring (bicyclic) bond motifs is 1. The molecule has 0 aliphatic carbocycles. The zero-order valence-corrected chi connectivity index (χ0v) is 12.7. The molecular weight excluding hydrogens is 286 g/mol. The molecular formula is C15H19N3O2S. The number of thioether (sulfide) groups is 1. The van der Waals surface area contributed by atoms with Crippen LogP contribution in [0.3, 0.4) is 0 Å². The second-order valence-electron chi connectivity index (χ2n) is 5.18. The Kier molecular flexibility index (Phi) is 4.34. The van der Waals surface area contributed by atoms with E-state index in [0.717, 1.165) is 36.7 Å². The molecule has 0 unspecified atom stereocenters. The maximum atomic E-state index is 12.3. The molecule has 0 aromatic heterocycles. The lowest BCUT2D eigenvalue weighted by Crippen LogP contribution is -2.47. The number of hydrogen-bond donors (Lipinski definition) is 1. The van der Waals surface area contributed by atoms with Gasteiger partial charge in [-0.3, -0.25) is 4.79 Å². The van der Waals surface area contributed by atoms with Crippen LogP contribution in [0.4, 0.5) is 10.5 Å². The second kappa shape index (κ2) is 6.39. The van der Waals surface area contributed by atoms with Crippen LogP contribution in [0, 0.1) is 0 Å². The molecule has 0 atom stereocenters. The lowest BCUT2D eigenvalue weighted by Gasteiger charge is -2.27. The summed E-state index contributed by atoms with van der Waals surface area (Å²) in [6.07, 6.45) is 0.888. The molecule has 2 heterocycles. The van der Waals surface area contributed by atoms with Crippen molar-refractivity contribution in [2.45, 2.75) is 6.42 Å². The third-order valence-electron chi connectivity index (χ3n) is 3.88. The number of nitrogens with zero attached hydrogens (tertiary/aromatic N) is 2. The van der Waals surface area contributed by atoms with Gasteiger partial charge in [0.1, 0.15) is 0 Å². The van der Waals surface area contributed by atoms with Crippen LogP contribution >= 0.6 is 11.8 Å². The van der Waals surface area contributed by atoms with Gasteiger partial charge < -0.3 is 15.1 Å². The summed E-state index contributed by atoms with van der Waals surface area (Å²) in [5, 5.41) is 2.75. The van der Waals surface area contributed by atoms with Gasteiger partial charge in [-0.15, -0.1) is 0 Å². The van der Waals surface area contributed by atoms with Gasteiger partial charge in [0.15, 0.2) is 0 Å². The monoisotopic (exact) mass is 305 g/mol. The Morgan fingerprint density at radius 3 is 2.71 bits per heavy atom. The fourth-order valence-electron chi connectivity index (χ4n) is 2.72. The number of nitrogens with one attached hydrogen (secondary N) is 1. The third-order valence-corrected chi connectivity index (χ3v) is 4.82. The molecule has 5 nitrogen and oxygen atoms in total. The van der Waals surface area contributed by atoms with E-state index < -0.39 is 0 Å². The maximum Gasteiger partial charge on any atom is 0.317 e. The van der Waals surface area contributed by atoms with Crippen molar-refractivity contribution >= 4 is 29.4 Å². The molecule has 0 saturated carbocycles. The fourth-order valence-corrected chi connectivity index (χ4v) is 3.63. The molecule has 1 aromatic rings. The van der Waals surface area contributed by atoms with Gasteiger partial charge in [-0.1, -0.05) is 18.2 Å². The second-order valence-corrected chi connectivity index (χ2v) is 6.41. The van der Waals surface area contributed by atoms with Crippen molar-refractivity contribution in [3.8, 4) is 0 Å². The van der Waals surface area contributed by atoms with E-state index in [1.165, 1.54) is 5.56 Å². The number of carbonyl (C=O) groups excluding carboxylic acids is 2. The highest BCUT2D eigenvalue weighted by atomic mass is 32.2. The Morgan fingerprint density at radius 1 is 1.14 bits per heavy atom. The van der Waals surface area contributed by atoms with E-state index >= 15 is 0 Å². The number of anilines is 1. The van der Waals surface area contributed by atoms with E-state index in [4.69, 9.17) is 0 Å². The summed E-state index contributed by atoms with van der Waals surface area (Å²) in [7, 11) is 0. The zero-order valence-electron chi connectivity index (χ0n) is 11.9. The number of benzene rings is 1. The Hall–Kier alpha value is -1.69. The minimum absolute atomic E-state index is 0.0420. The van der Waals surface area contributed by atoms with Crippen LogP contribution in [0.2, 0.25) is 0 Å². The highest BCUT2D eigenvalue weighted by Crippen LogP contribution is 2.27. The van der Waals surface area contributed by atoms with Gasteiger partial charge in [0.05, 0.1) is 6.54 Å². The molecule has 2 aliphatic rings. The predicted molar refractivity (Wildman–Crippen MR) is 84.8 cm³/mol. The molecule has 1 fully saturated rings. The van der Waals surface area contributed by atoms with Crippen molar-refractivity contribution in [3.05, 3.63) is 29.8 Å². The standard InChI is InChI=1S/C15H19N3O2S/c19-14(11-16-15(20)17-7-9-21-10-8-17)18-6-5-12-3-1-2-4-13(12)18/h1-4H,5-11H2,(H,16,20). The minimum Gasteiger partial charge on any atom is -0.329 e. The molecule has 2 aliphatic heterocycles. The Balaban J connectivity index is 1.54. The van der Waals surface area contributed by atoms with Gasteiger partial charge in [-0.2, -0.15) is 11.8 Å². The van der Waals surface area contributed by atoms with Gasteiger partial charge >= 0.3 is 6.03 Å². The molecule has 6 heteroatoms. The molecule has 1 saturated heterocycles. The van der Waals surface area contributed by atoms with E-state index in [-0.39, 0.29) is 18.5 Å². The highest BCUT2D eigenvalue weighted by Gasteiger charge is 2.25. The van der Waals surface area contributed by atoms with Crippen molar-refractivity contribution in [1.82, 2.24) is 10.2 Å². The van der Waals surface area contributed by atoms with Crippen LogP contribution in [0.25, 0.3) is 0 Å². The topological polar surface area (TPSA) is 52.7 Å². The summed E-state index contributed by atoms with van der Waals surface area (Å²) in [5.74, 6) is 1.90. The molecule has 21 heavy (non-hydrogen) atoms. The van der Waals surface area contributed by atoms with Crippen molar-refractivity contribution in [1.29, 1.82) is 0 Å². The van der Waals surface area contributed by atoms with Crippen LogP contribution < -0.4 is 10.2 Å². The Bertz CT molecular complexity index is 543. The summed E-state index contributed by atoms with van der Waals surface area (Å²) < 4.78 is 0. The van der Waals surface area contributed by atoms with Crippen LogP contribution in [0.1, 0.15) is 5.56 Å². The van der Waals surface area contributed by atoms with Gasteiger partial charge in [-0.05, 0) is 18.1 Å². The van der Waals surface area contributed by atoms with Crippen molar-refractivity contribution < 1.29 is 9.59 Å². The molecule has 3 rings (SSSR count). The summed E-state index contributed by atoms with van der Waals surface area (Å²) in [6.45, 7) is 2.29. The average molecular weight is 305 g/mol. The first-order valence-corrected chi connectivity index (χ1v) is 8.40. The summed E-state index contributed by atoms with van der Waals surface area (Å²) in [6, 6.07) is 7.81. The number of urea groups is 1. The molecule has 1 N–H and O–H groups in total. The first-order chi connectivity index (χ1) is 10.3. The lowest BCUT2D eigenvalue weighted by atomic mass is 10.2. The van der Waals surface area contributed by atoms with E-state index in [1.807, 2.05) is 36.0 Å². The minimum atomic E-state index is -0.129. The summed E-state index contributed by atoms with van der Waals surface area (Å²) in [4.78, 5) is 27.8. The average Bonchev–Trinajstić information content (AvgIpc) is 2.97. The van der Waals surface area contributed by atoms with E-state index in [9.17, 15) is 9.59 Å². The Morgan fingerprint density at radius 2 is 1.90 bits per heavy atom. The highest BCUT2D eigenvalue weighted by molar-refractivity contribution is 7.99. The predicted octanol–water partition coefficient (Wildman–Crippen LogP) is 1.33. The third kappa shape index (κ3) is 3.15. The largest absolute Gasteiger partial charge is 0.329 e. The van der Waals surface area contributed by atoms with Crippen molar-refractivity contribution in [2.75, 3.05) is 42.6 Å². The van der Waals surface area contributed by atoms with Crippen LogP contribution in [0.5, 0.6) is 0 Å². The van der Waals surface area contributed by atoms with Crippen LogP contribution in [0.15, 0.2) is 24.3 Å². The zero-order chi connectivity index (χ0) is 14.7. The summed E-state index contributed by atoms with van der Waals surface area (Å²) in [5.41, 5.74) is 2.18.